The molecule has 0 fully saturated rings. The van der Waals surface area contributed by atoms with Gasteiger partial charge in [0.25, 0.3) is 0 Å². The average Bonchev–Trinajstić information content (AvgIpc) is 2.32. The molecular formula is C11H22N2. The zero-order chi connectivity index (χ0) is 10.1. The summed E-state index contributed by atoms with van der Waals surface area (Å²) in [6.45, 7) is 12.2. The summed E-state index contributed by atoms with van der Waals surface area (Å²) < 4.78 is 0. The molecule has 0 radical (unpaired) electrons. The lowest BCUT2D eigenvalue weighted by molar-refractivity contribution is 0.508. The molecule has 0 aliphatic carbocycles. The maximum absolute atomic E-state index is 4.70. The van der Waals surface area contributed by atoms with Crippen molar-refractivity contribution in [3.63, 3.8) is 0 Å². The van der Waals surface area contributed by atoms with Crippen molar-refractivity contribution in [3.8, 4) is 0 Å². The Bertz CT molecular complexity index is 199. The molecule has 1 unspecified atom stereocenters. The molecule has 1 aliphatic rings. The molecule has 0 saturated heterocycles. The van der Waals surface area contributed by atoms with Crippen LogP contribution >= 0.6 is 0 Å². The number of hydrogen-bond acceptors (Lipinski definition) is 2. The van der Waals surface area contributed by atoms with Crippen LogP contribution in [0.25, 0.3) is 0 Å². The van der Waals surface area contributed by atoms with Gasteiger partial charge in [-0.1, -0.05) is 34.6 Å². The normalized spacial score (nSPS) is 23.2. The third-order valence-corrected chi connectivity index (χ3v) is 2.27. The van der Waals surface area contributed by atoms with Crippen LogP contribution in [0.5, 0.6) is 0 Å². The number of hydrogen-bond donors (Lipinski definition) is 1. The lowest BCUT2D eigenvalue weighted by Crippen LogP contribution is -2.31. The summed E-state index contributed by atoms with van der Waals surface area (Å²) in [7, 11) is 0. The van der Waals surface area contributed by atoms with Gasteiger partial charge in [0, 0.05) is 12.0 Å². The molecule has 0 aromatic heterocycles. The van der Waals surface area contributed by atoms with E-state index in [4.69, 9.17) is 4.99 Å². The molecule has 1 aliphatic heterocycles. The first-order valence-electron chi connectivity index (χ1n) is 5.21. The van der Waals surface area contributed by atoms with Gasteiger partial charge in [-0.2, -0.15) is 0 Å². The van der Waals surface area contributed by atoms with Crippen molar-refractivity contribution < 1.29 is 0 Å². The molecule has 1 heterocycles. The monoisotopic (exact) mass is 182 g/mol. The van der Waals surface area contributed by atoms with Crippen molar-refractivity contribution >= 4 is 5.84 Å². The first-order valence-corrected chi connectivity index (χ1v) is 5.21. The Balaban J connectivity index is 2.54. The maximum Gasteiger partial charge on any atom is 0.102 e. The Morgan fingerprint density at radius 3 is 2.46 bits per heavy atom. The average molecular weight is 182 g/mol. The van der Waals surface area contributed by atoms with Crippen LogP contribution in [0.1, 0.15) is 41.0 Å². The fourth-order valence-electron chi connectivity index (χ4n) is 1.63. The molecular weight excluding hydrogens is 160 g/mol. The van der Waals surface area contributed by atoms with E-state index in [0.717, 1.165) is 12.5 Å². The quantitative estimate of drug-likeness (QED) is 0.697. The smallest absolute Gasteiger partial charge is 0.102 e. The molecule has 1 atom stereocenters. The lowest BCUT2D eigenvalue weighted by atomic mass is 9.95. The van der Waals surface area contributed by atoms with Gasteiger partial charge in [0.05, 0.1) is 6.04 Å². The minimum Gasteiger partial charge on any atom is -0.371 e. The predicted octanol–water partition coefficient (Wildman–Crippen LogP) is 2.45. The molecule has 0 saturated carbocycles. The van der Waals surface area contributed by atoms with Crippen LogP contribution in [0.15, 0.2) is 4.99 Å². The Hall–Kier alpha value is -0.530. The van der Waals surface area contributed by atoms with Crippen molar-refractivity contribution in [2.24, 2.45) is 16.3 Å². The van der Waals surface area contributed by atoms with Crippen LogP contribution in [-0.4, -0.2) is 18.4 Å². The highest BCUT2D eigenvalue weighted by Gasteiger charge is 2.25. The van der Waals surface area contributed by atoms with Gasteiger partial charge in [0.2, 0.25) is 0 Å². The summed E-state index contributed by atoms with van der Waals surface area (Å²) >= 11 is 0. The minimum atomic E-state index is 0.186. The fourth-order valence-corrected chi connectivity index (χ4v) is 1.63. The summed E-state index contributed by atoms with van der Waals surface area (Å²) in [4.78, 5) is 4.70. The largest absolute Gasteiger partial charge is 0.371 e. The van der Waals surface area contributed by atoms with Crippen LogP contribution in [0, 0.1) is 11.3 Å². The number of aliphatic imine (C=N–C) groups is 1. The van der Waals surface area contributed by atoms with E-state index < -0.39 is 0 Å². The molecule has 76 valence electrons. The zero-order valence-corrected chi connectivity index (χ0v) is 9.52. The van der Waals surface area contributed by atoms with E-state index in [0.29, 0.717) is 6.04 Å². The summed E-state index contributed by atoms with van der Waals surface area (Å²) in [6.07, 6.45) is 1.20. The molecule has 2 heteroatoms. The van der Waals surface area contributed by atoms with E-state index in [9.17, 15) is 0 Å². The number of nitrogens with one attached hydrogen (secondary N) is 1. The second-order valence-electron chi connectivity index (χ2n) is 5.39. The molecule has 0 aromatic rings. The summed E-state index contributed by atoms with van der Waals surface area (Å²) in [5.41, 5.74) is 0.186. The molecule has 0 bridgehead atoms. The third kappa shape index (κ3) is 3.02. The molecule has 13 heavy (non-hydrogen) atoms. The van der Waals surface area contributed by atoms with Crippen molar-refractivity contribution in [1.82, 2.24) is 5.32 Å². The second-order valence-corrected chi connectivity index (χ2v) is 5.39. The fraction of sp³-hybridized carbons (Fsp3) is 0.909. The molecule has 0 aromatic carbocycles. The first kappa shape index (κ1) is 10.6. The van der Waals surface area contributed by atoms with E-state index in [2.05, 4.69) is 39.9 Å². The highest BCUT2D eigenvalue weighted by molar-refractivity contribution is 5.88. The van der Waals surface area contributed by atoms with Crippen molar-refractivity contribution in [2.75, 3.05) is 6.54 Å². The van der Waals surface area contributed by atoms with Crippen LogP contribution in [0.2, 0.25) is 0 Å². The van der Waals surface area contributed by atoms with Gasteiger partial charge in [0.15, 0.2) is 0 Å². The molecule has 1 rings (SSSR count). The predicted molar refractivity (Wildman–Crippen MR) is 58.1 cm³/mol. The Labute approximate surface area is 81.8 Å². The number of rotatable bonds is 2. The van der Waals surface area contributed by atoms with Crippen LogP contribution < -0.4 is 5.32 Å². The molecule has 2 nitrogen and oxygen atoms in total. The van der Waals surface area contributed by atoms with Gasteiger partial charge >= 0.3 is 0 Å². The Morgan fingerprint density at radius 2 is 2.08 bits per heavy atom. The third-order valence-electron chi connectivity index (χ3n) is 2.27. The van der Waals surface area contributed by atoms with Crippen LogP contribution in [0.3, 0.4) is 0 Å². The molecule has 1 N–H and O–H groups in total. The topological polar surface area (TPSA) is 24.4 Å². The second kappa shape index (κ2) is 3.69. The minimum absolute atomic E-state index is 0.186. The van der Waals surface area contributed by atoms with E-state index >= 15 is 0 Å². The van der Waals surface area contributed by atoms with Crippen LogP contribution in [0.4, 0.5) is 0 Å². The molecule has 0 amide bonds. The van der Waals surface area contributed by atoms with Gasteiger partial charge in [-0.15, -0.1) is 0 Å². The maximum atomic E-state index is 4.70. The van der Waals surface area contributed by atoms with E-state index in [1.807, 2.05) is 0 Å². The van der Waals surface area contributed by atoms with Gasteiger partial charge in [-0.05, 0) is 12.3 Å². The van der Waals surface area contributed by atoms with Gasteiger partial charge < -0.3 is 5.32 Å². The van der Waals surface area contributed by atoms with E-state index in [-0.39, 0.29) is 5.41 Å². The Morgan fingerprint density at radius 1 is 1.46 bits per heavy atom. The first-order chi connectivity index (χ1) is 5.89. The van der Waals surface area contributed by atoms with E-state index in [1.54, 1.807) is 0 Å². The van der Waals surface area contributed by atoms with Crippen molar-refractivity contribution in [2.45, 2.75) is 47.1 Å². The zero-order valence-electron chi connectivity index (χ0n) is 9.52. The number of nitrogens with zero attached hydrogens (tertiary/aromatic N) is 1. The lowest BCUT2D eigenvalue weighted by Gasteiger charge is -2.18. The van der Waals surface area contributed by atoms with Gasteiger partial charge in [-0.3, -0.25) is 4.99 Å². The van der Waals surface area contributed by atoms with Crippen molar-refractivity contribution in [3.05, 3.63) is 0 Å². The Kier molecular flexibility index (Phi) is 2.99. The summed E-state index contributed by atoms with van der Waals surface area (Å²) in [5, 5.41) is 3.40. The van der Waals surface area contributed by atoms with Gasteiger partial charge in [0.1, 0.15) is 5.84 Å². The van der Waals surface area contributed by atoms with Gasteiger partial charge in [-0.25, -0.2) is 0 Å². The highest BCUT2D eigenvalue weighted by Crippen LogP contribution is 2.20. The SMILES string of the molecule is CC(C)CC1CNC(C(C)(C)C)=N1. The standard InChI is InChI=1S/C11H22N2/c1-8(2)6-9-7-12-10(13-9)11(3,4)5/h8-9H,6-7H2,1-5H3,(H,12,13). The number of amidine groups is 1. The molecule has 0 spiro atoms. The van der Waals surface area contributed by atoms with E-state index in [1.165, 1.54) is 12.3 Å². The summed E-state index contributed by atoms with van der Waals surface area (Å²) in [6, 6.07) is 0.509. The highest BCUT2D eigenvalue weighted by atomic mass is 15.1. The summed E-state index contributed by atoms with van der Waals surface area (Å²) in [5.74, 6) is 1.92. The van der Waals surface area contributed by atoms with Crippen molar-refractivity contribution in [1.29, 1.82) is 0 Å². The van der Waals surface area contributed by atoms with Crippen LogP contribution in [-0.2, 0) is 0 Å².